The molecule has 0 unspecified atom stereocenters. The summed E-state index contributed by atoms with van der Waals surface area (Å²) in [6.45, 7) is 1.74. The largest absolute Gasteiger partial charge is 0.496 e. The monoisotopic (exact) mass is 472 g/mol. The number of aryl methyl sites for hydroxylation is 1. The van der Waals surface area contributed by atoms with Gasteiger partial charge in [-0.1, -0.05) is 15.9 Å². The second-order valence-electron chi connectivity index (χ2n) is 6.81. The minimum atomic E-state index is -0.424. The van der Waals surface area contributed by atoms with Crippen molar-refractivity contribution < 1.29 is 13.9 Å². The molecule has 0 aliphatic rings. The van der Waals surface area contributed by atoms with E-state index in [1.165, 1.54) is 12.1 Å². The van der Waals surface area contributed by atoms with E-state index in [0.717, 1.165) is 14.7 Å². The molecule has 0 spiro atoms. The molecule has 30 heavy (non-hydrogen) atoms. The number of nitrogens with zero attached hydrogens (tertiary/aromatic N) is 3. The first-order chi connectivity index (χ1) is 14.4. The minimum absolute atomic E-state index is 0.234. The lowest BCUT2D eigenvalue weighted by atomic mass is 10.2. The first-order valence-corrected chi connectivity index (χ1v) is 9.94. The lowest BCUT2D eigenvalue weighted by Crippen LogP contribution is -2.34. The van der Waals surface area contributed by atoms with Crippen LogP contribution in [0.2, 0.25) is 0 Å². The van der Waals surface area contributed by atoms with Crippen LogP contribution in [0.5, 0.6) is 5.75 Å². The van der Waals surface area contributed by atoms with Crippen LogP contribution in [0.15, 0.2) is 51.7 Å². The summed E-state index contributed by atoms with van der Waals surface area (Å²) in [5.74, 6) is 0.426. The number of rotatable bonds is 5. The Labute approximate surface area is 179 Å². The molecule has 154 valence electrons. The quantitative estimate of drug-likeness (QED) is 0.483. The molecule has 9 heteroatoms. The molecule has 0 saturated heterocycles. The second kappa shape index (κ2) is 7.91. The van der Waals surface area contributed by atoms with Gasteiger partial charge in [-0.25, -0.2) is 9.07 Å². The van der Waals surface area contributed by atoms with Crippen LogP contribution < -0.4 is 15.6 Å². The van der Waals surface area contributed by atoms with Crippen LogP contribution in [0.1, 0.15) is 11.4 Å². The summed E-state index contributed by atoms with van der Waals surface area (Å²) in [5.41, 5.74) is 1.40. The Kier molecular flexibility index (Phi) is 5.29. The molecule has 1 amide bonds. The van der Waals surface area contributed by atoms with Gasteiger partial charge in [0, 0.05) is 22.0 Å². The average Bonchev–Trinajstić information content (AvgIpc) is 3.09. The first-order valence-electron chi connectivity index (χ1n) is 9.15. The molecular weight excluding hydrogens is 455 g/mol. The molecule has 2 heterocycles. The zero-order valence-corrected chi connectivity index (χ0v) is 17.9. The van der Waals surface area contributed by atoms with E-state index >= 15 is 0 Å². The van der Waals surface area contributed by atoms with Gasteiger partial charge < -0.3 is 10.1 Å². The molecular formula is C21H18BrFN4O3. The number of aromatic nitrogens is 3. The van der Waals surface area contributed by atoms with Crippen LogP contribution in [-0.2, 0) is 17.9 Å². The highest BCUT2D eigenvalue weighted by Crippen LogP contribution is 2.23. The van der Waals surface area contributed by atoms with E-state index in [1.807, 2.05) is 12.1 Å². The number of fused-ring (bicyclic) bond motifs is 3. The van der Waals surface area contributed by atoms with Crippen molar-refractivity contribution in [2.75, 3.05) is 7.11 Å². The normalized spacial score (nSPS) is 11.2. The third-order valence-electron chi connectivity index (χ3n) is 4.82. The van der Waals surface area contributed by atoms with Gasteiger partial charge in [-0.3, -0.25) is 14.0 Å². The fourth-order valence-corrected chi connectivity index (χ4v) is 3.88. The Morgan fingerprint density at radius 1 is 1.20 bits per heavy atom. The number of carbonyl (C=O) groups is 1. The van der Waals surface area contributed by atoms with Crippen LogP contribution in [0.3, 0.4) is 0 Å². The van der Waals surface area contributed by atoms with Crippen molar-refractivity contribution in [3.05, 3.63) is 74.5 Å². The first kappa shape index (κ1) is 20.1. The maximum atomic E-state index is 13.5. The highest BCUT2D eigenvalue weighted by Gasteiger charge is 2.15. The summed E-state index contributed by atoms with van der Waals surface area (Å²) in [6.07, 6.45) is 0. The predicted molar refractivity (Wildman–Crippen MR) is 114 cm³/mol. The van der Waals surface area contributed by atoms with Gasteiger partial charge in [0.05, 0.1) is 12.6 Å². The lowest BCUT2D eigenvalue weighted by Gasteiger charge is -2.11. The van der Waals surface area contributed by atoms with Crippen LogP contribution in [-0.4, -0.2) is 27.2 Å². The van der Waals surface area contributed by atoms with E-state index in [2.05, 4.69) is 26.3 Å². The van der Waals surface area contributed by atoms with Crippen LogP contribution in [0.4, 0.5) is 4.39 Å². The molecule has 0 atom stereocenters. The van der Waals surface area contributed by atoms with Gasteiger partial charge >= 0.3 is 0 Å². The lowest BCUT2D eigenvalue weighted by molar-refractivity contribution is -0.122. The highest BCUT2D eigenvalue weighted by atomic mass is 79.9. The number of hydrogen-bond donors (Lipinski definition) is 1. The van der Waals surface area contributed by atoms with Crippen LogP contribution in [0, 0.1) is 12.7 Å². The molecule has 4 rings (SSSR count). The van der Waals surface area contributed by atoms with Gasteiger partial charge in [0.25, 0.3) is 5.56 Å². The maximum absolute atomic E-state index is 13.5. The number of hydrogen-bond acceptors (Lipinski definition) is 4. The molecule has 4 aromatic rings. The van der Waals surface area contributed by atoms with Crippen molar-refractivity contribution in [2.45, 2.75) is 20.0 Å². The average molecular weight is 473 g/mol. The molecule has 0 fully saturated rings. The second-order valence-corrected chi connectivity index (χ2v) is 7.73. The summed E-state index contributed by atoms with van der Waals surface area (Å²) in [6, 6.07) is 11.4. The SMILES string of the molecule is COc1ccc(Br)cc1CNC(=O)Cn1nc(C)n2c(cc3cc(F)ccc32)c1=O. The molecule has 0 aliphatic heterocycles. The topological polar surface area (TPSA) is 77.6 Å². The number of methoxy groups -OCH3 is 1. The fourth-order valence-electron chi connectivity index (χ4n) is 3.47. The molecule has 0 bridgehead atoms. The van der Waals surface area contributed by atoms with Crippen molar-refractivity contribution >= 4 is 38.3 Å². The molecule has 1 N–H and O–H groups in total. The van der Waals surface area contributed by atoms with Crippen LogP contribution in [0.25, 0.3) is 16.4 Å². The van der Waals surface area contributed by atoms with E-state index in [9.17, 15) is 14.0 Å². The minimum Gasteiger partial charge on any atom is -0.496 e. The number of carbonyl (C=O) groups excluding carboxylic acids is 1. The van der Waals surface area contributed by atoms with Crippen LogP contribution >= 0.6 is 15.9 Å². The number of benzene rings is 2. The third kappa shape index (κ3) is 3.68. The summed E-state index contributed by atoms with van der Waals surface area (Å²) in [5, 5.41) is 7.65. The number of halogens is 2. The van der Waals surface area contributed by atoms with Crippen molar-refractivity contribution in [1.29, 1.82) is 0 Å². The van der Waals surface area contributed by atoms with E-state index in [0.29, 0.717) is 28.0 Å². The predicted octanol–water partition coefficient (Wildman–Crippen LogP) is 3.18. The Hall–Kier alpha value is -3.20. The summed E-state index contributed by atoms with van der Waals surface area (Å²) in [4.78, 5) is 25.3. The summed E-state index contributed by atoms with van der Waals surface area (Å²) in [7, 11) is 1.56. The molecule has 2 aromatic heterocycles. The van der Waals surface area contributed by atoms with E-state index in [4.69, 9.17) is 4.74 Å². The molecule has 0 aliphatic carbocycles. The molecule has 7 nitrogen and oxygen atoms in total. The molecule has 0 saturated carbocycles. The van der Waals surface area contributed by atoms with E-state index in [1.54, 1.807) is 36.6 Å². The Morgan fingerprint density at radius 2 is 2.00 bits per heavy atom. The highest BCUT2D eigenvalue weighted by molar-refractivity contribution is 9.10. The zero-order chi connectivity index (χ0) is 21.4. The summed E-state index contributed by atoms with van der Waals surface area (Å²) < 4.78 is 22.5. The number of ether oxygens (including phenoxy) is 1. The smallest absolute Gasteiger partial charge is 0.291 e. The van der Waals surface area contributed by atoms with E-state index in [-0.39, 0.29) is 24.8 Å². The molecule has 0 radical (unpaired) electrons. The Morgan fingerprint density at radius 3 is 2.77 bits per heavy atom. The van der Waals surface area contributed by atoms with Gasteiger partial charge in [0.1, 0.15) is 29.5 Å². The van der Waals surface area contributed by atoms with Gasteiger partial charge in [0.15, 0.2) is 0 Å². The van der Waals surface area contributed by atoms with Gasteiger partial charge in [-0.15, -0.1) is 0 Å². The fraction of sp³-hybridized carbons (Fsp3) is 0.190. The molecule has 2 aromatic carbocycles. The van der Waals surface area contributed by atoms with Crippen molar-refractivity contribution in [3.8, 4) is 5.75 Å². The summed E-state index contributed by atoms with van der Waals surface area (Å²) >= 11 is 3.40. The maximum Gasteiger partial charge on any atom is 0.291 e. The number of nitrogens with one attached hydrogen (secondary N) is 1. The Balaban J connectivity index is 1.60. The van der Waals surface area contributed by atoms with Gasteiger partial charge in [-0.05, 0) is 49.4 Å². The van der Waals surface area contributed by atoms with E-state index < -0.39 is 5.56 Å². The van der Waals surface area contributed by atoms with Gasteiger partial charge in [-0.2, -0.15) is 5.10 Å². The third-order valence-corrected chi connectivity index (χ3v) is 5.31. The standard InChI is InChI=1S/C21H18BrFN4O3/c1-12-25-26(11-20(28)24-10-14-7-15(22)3-6-19(14)30-2)21(29)18-9-13-8-16(23)4-5-17(13)27(12)18/h3-9H,10-11H2,1-2H3,(H,24,28). The number of amides is 1. The van der Waals surface area contributed by atoms with Crippen molar-refractivity contribution in [2.24, 2.45) is 0 Å². The Bertz CT molecular complexity index is 1350. The van der Waals surface area contributed by atoms with Crippen molar-refractivity contribution in [3.63, 3.8) is 0 Å². The van der Waals surface area contributed by atoms with Crippen molar-refractivity contribution in [1.82, 2.24) is 19.5 Å². The van der Waals surface area contributed by atoms with Gasteiger partial charge in [0.2, 0.25) is 5.91 Å². The zero-order valence-electron chi connectivity index (χ0n) is 16.3.